The molecule has 2 aromatic rings. The fraction of sp³-hybridized carbons (Fsp3) is 0.833. The Bertz CT molecular complexity index is 890. The van der Waals surface area contributed by atoms with Crippen molar-refractivity contribution in [2.24, 2.45) is 11.8 Å². The highest BCUT2D eigenvalue weighted by Crippen LogP contribution is 2.36. The molecule has 0 nitrogen and oxygen atoms in total. The molecule has 2 aromatic heterocycles. The highest BCUT2D eigenvalue weighted by atomic mass is 32.1. The molecule has 0 N–H and O–H groups in total. The van der Waals surface area contributed by atoms with Crippen molar-refractivity contribution in [3.8, 4) is 9.75 Å². The van der Waals surface area contributed by atoms with Gasteiger partial charge in [0, 0.05) is 9.75 Å². The molecule has 2 atom stereocenters. The average molecular weight is 727 g/mol. The Balaban J connectivity index is 1.89. The zero-order valence-corrected chi connectivity index (χ0v) is 36.0. The van der Waals surface area contributed by atoms with E-state index in [1.165, 1.54) is 228 Å². The zero-order chi connectivity index (χ0) is 35.7. The fourth-order valence-corrected chi connectivity index (χ4v) is 10.1. The molecule has 0 aromatic carbocycles. The quantitative estimate of drug-likeness (QED) is 0.0608. The van der Waals surface area contributed by atoms with Gasteiger partial charge in [-0.25, -0.2) is 0 Å². The second-order valence-corrected chi connectivity index (χ2v) is 18.2. The van der Waals surface area contributed by atoms with Crippen LogP contribution in [-0.2, 0) is 12.8 Å². The van der Waals surface area contributed by atoms with Crippen molar-refractivity contribution in [1.29, 1.82) is 0 Å². The smallest absolute Gasteiger partial charge is 0.0445 e. The molecular formula is C48H86S2. The zero-order valence-electron chi connectivity index (χ0n) is 34.3. The van der Waals surface area contributed by atoms with Gasteiger partial charge in [0.25, 0.3) is 0 Å². The summed E-state index contributed by atoms with van der Waals surface area (Å²) < 4.78 is 0. The molecule has 0 aliphatic carbocycles. The molecule has 2 rings (SSSR count). The number of hydrogen-bond donors (Lipinski definition) is 0. The number of hydrogen-bond acceptors (Lipinski definition) is 2. The lowest BCUT2D eigenvalue weighted by atomic mass is 9.89. The van der Waals surface area contributed by atoms with E-state index in [4.69, 9.17) is 0 Å². The van der Waals surface area contributed by atoms with E-state index in [2.05, 4.69) is 50.6 Å². The second kappa shape index (κ2) is 33.0. The molecule has 2 heterocycles. The van der Waals surface area contributed by atoms with E-state index in [0.29, 0.717) is 0 Å². The first-order valence-electron chi connectivity index (χ1n) is 22.8. The van der Waals surface area contributed by atoms with Crippen molar-refractivity contribution in [2.45, 2.75) is 246 Å². The molecule has 2 heteroatoms. The normalized spacial score (nSPS) is 13.0. The van der Waals surface area contributed by atoms with E-state index in [1.807, 2.05) is 22.7 Å². The standard InChI is InChI=1S/C48H86S2/c1-5-9-13-17-21-23-27-31-35-43(33-29-25-19-15-11-7-3)37-45-39-47(49-41-45)48-40-46(42-50-48)38-44(34-30-26-20-16-12-8-4)36-32-28-24-22-18-14-10-6-2/h39-44H,5-38H2,1-4H3. The highest BCUT2D eigenvalue weighted by molar-refractivity contribution is 7.20. The van der Waals surface area contributed by atoms with Crippen LogP contribution in [0.1, 0.15) is 244 Å². The number of rotatable bonds is 37. The molecule has 0 aliphatic heterocycles. The molecule has 0 fully saturated rings. The summed E-state index contributed by atoms with van der Waals surface area (Å²) in [5, 5.41) is 5.03. The van der Waals surface area contributed by atoms with Crippen molar-refractivity contribution < 1.29 is 0 Å². The molecule has 0 saturated heterocycles. The van der Waals surface area contributed by atoms with Crippen molar-refractivity contribution in [1.82, 2.24) is 0 Å². The summed E-state index contributed by atoms with van der Waals surface area (Å²) >= 11 is 4.03. The van der Waals surface area contributed by atoms with Crippen LogP contribution in [0.15, 0.2) is 22.9 Å². The van der Waals surface area contributed by atoms with Gasteiger partial charge in [0.2, 0.25) is 0 Å². The van der Waals surface area contributed by atoms with Gasteiger partial charge in [0.15, 0.2) is 0 Å². The van der Waals surface area contributed by atoms with E-state index in [0.717, 1.165) is 11.8 Å². The van der Waals surface area contributed by atoms with E-state index < -0.39 is 0 Å². The predicted octanol–water partition coefficient (Wildman–Crippen LogP) is 18.4. The summed E-state index contributed by atoms with van der Waals surface area (Å²) in [6, 6.07) is 5.16. The monoisotopic (exact) mass is 727 g/mol. The van der Waals surface area contributed by atoms with E-state index >= 15 is 0 Å². The van der Waals surface area contributed by atoms with Gasteiger partial charge in [-0.15, -0.1) is 22.7 Å². The molecule has 0 saturated carbocycles. The largest absolute Gasteiger partial charge is 0.143 e. The van der Waals surface area contributed by atoms with E-state index in [1.54, 1.807) is 11.1 Å². The lowest BCUT2D eigenvalue weighted by Crippen LogP contribution is -2.05. The van der Waals surface area contributed by atoms with Crippen LogP contribution in [-0.4, -0.2) is 0 Å². The predicted molar refractivity (Wildman–Crippen MR) is 232 cm³/mol. The summed E-state index contributed by atoms with van der Waals surface area (Å²) in [7, 11) is 0. The topological polar surface area (TPSA) is 0 Å². The Morgan fingerprint density at radius 1 is 0.340 bits per heavy atom. The summed E-state index contributed by atoms with van der Waals surface area (Å²) in [5.74, 6) is 1.75. The van der Waals surface area contributed by atoms with E-state index in [-0.39, 0.29) is 0 Å². The molecule has 2 unspecified atom stereocenters. The Morgan fingerprint density at radius 3 is 0.840 bits per heavy atom. The summed E-state index contributed by atoms with van der Waals surface area (Å²) in [6.07, 6.45) is 48.4. The maximum absolute atomic E-state index is 2.58. The maximum atomic E-state index is 2.58. The molecule has 0 bridgehead atoms. The Morgan fingerprint density at radius 2 is 0.580 bits per heavy atom. The second-order valence-electron chi connectivity index (χ2n) is 16.4. The van der Waals surface area contributed by atoms with Crippen molar-refractivity contribution in [2.75, 3.05) is 0 Å². The summed E-state index contributed by atoms with van der Waals surface area (Å²) in [6.45, 7) is 9.31. The number of thiophene rings is 2. The van der Waals surface area contributed by atoms with E-state index in [9.17, 15) is 0 Å². The molecule has 0 radical (unpaired) electrons. The summed E-state index contributed by atoms with van der Waals surface area (Å²) in [4.78, 5) is 3.05. The van der Waals surface area contributed by atoms with Gasteiger partial charge in [-0.3, -0.25) is 0 Å². The lowest BCUT2D eigenvalue weighted by molar-refractivity contribution is 0.400. The third-order valence-corrected chi connectivity index (χ3v) is 13.6. The SMILES string of the molecule is CCCCCCCCCCC(CCCCCCCC)Cc1csc(-c2cc(CC(CCCCCCCC)CCCCCCCCCC)cs2)c1. The minimum absolute atomic E-state index is 0.877. The van der Waals surface area contributed by atoms with Gasteiger partial charge in [-0.1, -0.05) is 233 Å². The molecule has 50 heavy (non-hydrogen) atoms. The Kier molecular flexibility index (Phi) is 30.1. The molecule has 0 spiro atoms. The minimum Gasteiger partial charge on any atom is -0.143 e. The molecular weight excluding hydrogens is 641 g/mol. The van der Waals surface area contributed by atoms with Gasteiger partial charge in [0.1, 0.15) is 0 Å². The van der Waals surface area contributed by atoms with Crippen molar-refractivity contribution >= 4 is 22.7 Å². The average Bonchev–Trinajstić information content (AvgIpc) is 3.79. The Hall–Kier alpha value is -0.600. The van der Waals surface area contributed by atoms with Gasteiger partial charge in [-0.05, 0) is 58.7 Å². The van der Waals surface area contributed by atoms with Crippen LogP contribution in [0.3, 0.4) is 0 Å². The van der Waals surface area contributed by atoms with Crippen molar-refractivity contribution in [3.05, 3.63) is 34.0 Å². The van der Waals surface area contributed by atoms with Crippen LogP contribution in [0, 0.1) is 11.8 Å². The fourth-order valence-electron chi connectivity index (χ4n) is 8.15. The summed E-state index contributed by atoms with van der Waals surface area (Å²) in [5.41, 5.74) is 3.23. The van der Waals surface area contributed by atoms with Gasteiger partial charge in [-0.2, -0.15) is 0 Å². The molecule has 290 valence electrons. The van der Waals surface area contributed by atoms with Crippen LogP contribution in [0.25, 0.3) is 9.75 Å². The first-order chi connectivity index (χ1) is 24.7. The van der Waals surface area contributed by atoms with Crippen LogP contribution < -0.4 is 0 Å². The first-order valence-corrected chi connectivity index (χ1v) is 24.6. The third kappa shape index (κ3) is 23.9. The first kappa shape index (κ1) is 45.6. The minimum atomic E-state index is 0.877. The van der Waals surface area contributed by atoms with Crippen LogP contribution in [0.4, 0.5) is 0 Å². The van der Waals surface area contributed by atoms with Crippen LogP contribution >= 0.6 is 22.7 Å². The molecule has 0 aliphatic rings. The highest BCUT2D eigenvalue weighted by Gasteiger charge is 2.15. The third-order valence-electron chi connectivity index (χ3n) is 11.5. The Labute approximate surface area is 322 Å². The van der Waals surface area contributed by atoms with Crippen LogP contribution in [0.2, 0.25) is 0 Å². The van der Waals surface area contributed by atoms with Gasteiger partial charge >= 0.3 is 0 Å². The maximum Gasteiger partial charge on any atom is 0.0445 e. The van der Waals surface area contributed by atoms with Gasteiger partial charge < -0.3 is 0 Å². The molecule has 0 amide bonds. The van der Waals surface area contributed by atoms with Gasteiger partial charge in [0.05, 0.1) is 0 Å². The van der Waals surface area contributed by atoms with Crippen LogP contribution in [0.5, 0.6) is 0 Å². The van der Waals surface area contributed by atoms with Crippen molar-refractivity contribution in [3.63, 3.8) is 0 Å². The lowest BCUT2D eigenvalue weighted by Gasteiger charge is -2.16. The number of unbranched alkanes of at least 4 members (excludes halogenated alkanes) is 24.